The first kappa shape index (κ1) is 22.1. The first-order chi connectivity index (χ1) is 16.5. The number of aromatic amines is 1. The van der Waals surface area contributed by atoms with E-state index in [2.05, 4.69) is 4.98 Å². The van der Waals surface area contributed by atoms with Crippen molar-refractivity contribution in [3.8, 4) is 0 Å². The molecule has 0 saturated carbocycles. The van der Waals surface area contributed by atoms with Gasteiger partial charge in [0.05, 0.1) is 41.4 Å². The molecule has 0 radical (unpaired) electrons. The van der Waals surface area contributed by atoms with Crippen molar-refractivity contribution in [3.05, 3.63) is 64.6 Å². The van der Waals surface area contributed by atoms with Gasteiger partial charge in [0, 0.05) is 19.1 Å². The summed E-state index contributed by atoms with van der Waals surface area (Å²) in [6, 6.07) is 13.5. The minimum Gasteiger partial charge on any atom is -0.462 e. The van der Waals surface area contributed by atoms with Crippen LogP contribution in [0.4, 0.5) is 5.69 Å². The Morgan fingerprint density at radius 3 is 2.44 bits per heavy atom. The van der Waals surface area contributed by atoms with Gasteiger partial charge in [-0.25, -0.2) is 14.5 Å². The van der Waals surface area contributed by atoms with E-state index in [1.807, 2.05) is 33.7 Å². The molecular weight excluding hydrogens is 436 g/mol. The number of anilines is 1. The lowest BCUT2D eigenvalue weighted by Crippen LogP contribution is -2.46. The molecule has 2 saturated heterocycles. The van der Waals surface area contributed by atoms with E-state index in [0.29, 0.717) is 37.2 Å². The minimum absolute atomic E-state index is 0.0404. The average Bonchev–Trinajstić information content (AvgIpc) is 3.34. The largest absolute Gasteiger partial charge is 0.462 e. The Balaban J connectivity index is 1.27. The molecule has 2 amide bonds. The molecule has 0 unspecified atom stereocenters. The number of carbonyl (C=O) groups excluding carboxylic acids is 3. The van der Waals surface area contributed by atoms with Gasteiger partial charge in [0.15, 0.2) is 0 Å². The van der Waals surface area contributed by atoms with Crippen LogP contribution in [-0.2, 0) is 14.3 Å². The number of carbonyl (C=O) groups is 3. The van der Waals surface area contributed by atoms with Crippen molar-refractivity contribution in [2.45, 2.75) is 38.3 Å². The molecule has 5 rings (SSSR count). The molecule has 2 aromatic carbocycles. The maximum absolute atomic E-state index is 13.2. The Morgan fingerprint density at radius 1 is 1.03 bits per heavy atom. The molecule has 2 aliphatic rings. The predicted molar refractivity (Wildman–Crippen MR) is 126 cm³/mol. The van der Waals surface area contributed by atoms with Crippen LogP contribution in [0.1, 0.15) is 42.6 Å². The topological polar surface area (TPSA) is 105 Å². The third kappa shape index (κ3) is 3.81. The summed E-state index contributed by atoms with van der Waals surface area (Å²) in [5, 5.41) is 0. The van der Waals surface area contributed by atoms with Crippen LogP contribution in [0.3, 0.4) is 0 Å². The molecule has 9 nitrogen and oxygen atoms in total. The summed E-state index contributed by atoms with van der Waals surface area (Å²) in [5.41, 5.74) is 2.40. The van der Waals surface area contributed by atoms with Crippen LogP contribution in [0, 0.1) is 0 Å². The third-order valence-electron chi connectivity index (χ3n) is 6.69. The highest BCUT2D eigenvalue weighted by atomic mass is 16.5. The summed E-state index contributed by atoms with van der Waals surface area (Å²) in [6.07, 6.45) is 1.55. The van der Waals surface area contributed by atoms with Crippen molar-refractivity contribution in [1.29, 1.82) is 0 Å². The van der Waals surface area contributed by atoms with Crippen molar-refractivity contribution in [1.82, 2.24) is 14.5 Å². The lowest BCUT2D eigenvalue weighted by molar-refractivity contribution is -0.123. The van der Waals surface area contributed by atoms with E-state index in [1.165, 1.54) is 4.90 Å². The summed E-state index contributed by atoms with van der Waals surface area (Å²) in [5.74, 6) is -0.950. The lowest BCUT2D eigenvalue weighted by Gasteiger charge is -2.35. The zero-order valence-corrected chi connectivity index (χ0v) is 18.9. The number of piperidine rings is 1. The maximum Gasteiger partial charge on any atom is 0.338 e. The molecular formula is C25H26N4O5. The minimum atomic E-state index is -0.516. The van der Waals surface area contributed by atoms with Crippen molar-refractivity contribution in [2.75, 3.05) is 24.6 Å². The number of hydrogen-bond acceptors (Lipinski definition) is 6. The number of aromatic nitrogens is 2. The number of likely N-dealkylation sites (tertiary alicyclic amines) is 1. The van der Waals surface area contributed by atoms with E-state index >= 15 is 0 Å². The molecule has 0 aliphatic carbocycles. The Bertz CT molecular complexity index is 1300. The highest BCUT2D eigenvalue weighted by Crippen LogP contribution is 2.31. The van der Waals surface area contributed by atoms with Crippen LogP contribution < -0.4 is 10.6 Å². The number of hydrogen-bond donors (Lipinski definition) is 1. The number of fused-ring (bicyclic) bond motifs is 1. The van der Waals surface area contributed by atoms with E-state index in [4.69, 9.17) is 4.74 Å². The fourth-order valence-electron chi connectivity index (χ4n) is 5.03. The number of para-hydroxylation sites is 2. The van der Waals surface area contributed by atoms with E-state index in [-0.39, 0.29) is 36.6 Å². The molecule has 34 heavy (non-hydrogen) atoms. The fraction of sp³-hybridized carbons (Fsp3) is 0.360. The molecule has 1 N–H and O–H groups in total. The van der Waals surface area contributed by atoms with Crippen molar-refractivity contribution < 1.29 is 19.1 Å². The number of H-pyrrole nitrogens is 1. The molecule has 0 spiro atoms. The quantitative estimate of drug-likeness (QED) is 0.461. The van der Waals surface area contributed by atoms with Crippen LogP contribution in [0.15, 0.2) is 53.3 Å². The van der Waals surface area contributed by atoms with Gasteiger partial charge in [-0.2, -0.15) is 0 Å². The molecule has 3 aromatic rings. The van der Waals surface area contributed by atoms with Gasteiger partial charge < -0.3 is 9.72 Å². The second-order valence-corrected chi connectivity index (χ2v) is 8.64. The average molecular weight is 463 g/mol. The molecule has 1 atom stereocenters. The number of nitrogens with zero attached hydrogens (tertiary/aromatic N) is 3. The zero-order valence-electron chi connectivity index (χ0n) is 18.9. The number of nitrogens with one attached hydrogen (secondary N) is 1. The number of imide groups is 1. The van der Waals surface area contributed by atoms with Gasteiger partial charge in [-0.1, -0.05) is 12.1 Å². The Morgan fingerprint density at radius 2 is 1.74 bits per heavy atom. The number of benzene rings is 2. The first-order valence-corrected chi connectivity index (χ1v) is 11.5. The van der Waals surface area contributed by atoms with Crippen molar-refractivity contribution >= 4 is 34.5 Å². The monoisotopic (exact) mass is 462 g/mol. The maximum atomic E-state index is 13.2. The molecule has 9 heteroatoms. The zero-order chi connectivity index (χ0) is 23.8. The van der Waals surface area contributed by atoms with Gasteiger partial charge >= 0.3 is 11.7 Å². The fourth-order valence-corrected chi connectivity index (χ4v) is 5.03. The van der Waals surface area contributed by atoms with Crippen LogP contribution in [0.5, 0.6) is 0 Å². The van der Waals surface area contributed by atoms with E-state index in [1.54, 1.807) is 31.2 Å². The number of amides is 2. The highest BCUT2D eigenvalue weighted by molar-refractivity contribution is 6.22. The summed E-state index contributed by atoms with van der Waals surface area (Å²) >= 11 is 0. The number of rotatable bonds is 5. The van der Waals surface area contributed by atoms with E-state index < -0.39 is 12.0 Å². The van der Waals surface area contributed by atoms with Gasteiger partial charge in [0.1, 0.15) is 0 Å². The molecule has 0 bridgehead atoms. The van der Waals surface area contributed by atoms with Gasteiger partial charge in [0.2, 0.25) is 5.91 Å². The first-order valence-electron chi connectivity index (χ1n) is 11.5. The van der Waals surface area contributed by atoms with Crippen LogP contribution in [-0.4, -0.2) is 58.0 Å². The summed E-state index contributed by atoms with van der Waals surface area (Å²) in [7, 11) is 0. The summed E-state index contributed by atoms with van der Waals surface area (Å²) in [6.45, 7) is 3.25. The Kier molecular flexibility index (Phi) is 5.79. The number of esters is 1. The normalized spacial score (nSPS) is 19.8. The second kappa shape index (κ2) is 8.90. The van der Waals surface area contributed by atoms with Crippen LogP contribution in [0.25, 0.3) is 11.0 Å². The smallest absolute Gasteiger partial charge is 0.338 e. The van der Waals surface area contributed by atoms with Gasteiger partial charge in [0.25, 0.3) is 5.91 Å². The Labute approximate surface area is 195 Å². The van der Waals surface area contributed by atoms with Crippen molar-refractivity contribution in [3.63, 3.8) is 0 Å². The number of ether oxygens (including phenoxy) is 1. The van der Waals surface area contributed by atoms with Crippen LogP contribution >= 0.6 is 0 Å². The van der Waals surface area contributed by atoms with E-state index in [0.717, 1.165) is 11.0 Å². The molecule has 2 fully saturated rings. The second-order valence-electron chi connectivity index (χ2n) is 8.64. The van der Waals surface area contributed by atoms with Gasteiger partial charge in [-0.05, 0) is 56.2 Å². The van der Waals surface area contributed by atoms with Gasteiger partial charge in [-0.3, -0.25) is 19.1 Å². The molecule has 3 heterocycles. The summed E-state index contributed by atoms with van der Waals surface area (Å²) < 4.78 is 6.79. The summed E-state index contributed by atoms with van der Waals surface area (Å²) in [4.78, 5) is 56.5. The third-order valence-corrected chi connectivity index (χ3v) is 6.69. The molecule has 2 aliphatic heterocycles. The highest BCUT2D eigenvalue weighted by Gasteiger charge is 2.43. The Hall–Kier alpha value is -3.72. The number of imidazole rings is 1. The standard InChI is InChI=1S/C25H26N4O5/c1-2-34-24(32)16-7-9-17(10-8-16)29-22(30)15-21(23(29)31)27-13-11-18(12-14-27)28-20-6-4-3-5-19(20)26-25(28)33/h3-10,18,21H,2,11-15H2,1H3,(H,26,33)/t21-/m0/s1. The molecule has 1 aromatic heterocycles. The van der Waals surface area contributed by atoms with Gasteiger partial charge in [-0.15, -0.1) is 0 Å². The van der Waals surface area contributed by atoms with Crippen LogP contribution in [0.2, 0.25) is 0 Å². The SMILES string of the molecule is CCOC(=O)c1ccc(N2C(=O)C[C@H](N3CCC(n4c(=O)[nH]c5ccccc54)CC3)C2=O)cc1. The predicted octanol–water partition coefficient (Wildman–Crippen LogP) is 2.48. The molecule has 176 valence electrons. The van der Waals surface area contributed by atoms with E-state index in [9.17, 15) is 19.2 Å². The lowest BCUT2D eigenvalue weighted by atomic mass is 10.0. The van der Waals surface area contributed by atoms with Crippen molar-refractivity contribution in [2.24, 2.45) is 0 Å².